The van der Waals surface area contributed by atoms with Crippen LogP contribution in [0.15, 0.2) is 48.5 Å². The summed E-state index contributed by atoms with van der Waals surface area (Å²) in [6.45, 7) is 3.65. The van der Waals surface area contributed by atoms with Gasteiger partial charge >= 0.3 is 12.1 Å². The van der Waals surface area contributed by atoms with E-state index in [-0.39, 0.29) is 25.0 Å². The summed E-state index contributed by atoms with van der Waals surface area (Å²) in [6, 6.07) is 15.5. The minimum atomic E-state index is -0.880. The number of fused-ring (bicyclic) bond motifs is 3. The van der Waals surface area contributed by atoms with Crippen LogP contribution >= 0.6 is 0 Å². The van der Waals surface area contributed by atoms with E-state index in [1.165, 1.54) is 0 Å². The maximum Gasteiger partial charge on any atom is 0.407 e. The van der Waals surface area contributed by atoms with E-state index in [0.717, 1.165) is 22.3 Å². The van der Waals surface area contributed by atoms with Crippen molar-refractivity contribution in [2.45, 2.75) is 18.9 Å². The standard InChI is InChI=1S/C24H27N3O5/c1-16(23(30)27-12-10-26(11-13-27)14-22(28)29)25-24(31)32-15-21-19-8-4-2-6-17(19)18-7-3-5-9-20(18)21/h2-9,16,21H,10-15H2,1H3,(H,25,31)(H,28,29). The summed E-state index contributed by atoms with van der Waals surface area (Å²) in [7, 11) is 0. The third-order valence-corrected chi connectivity index (χ3v) is 6.09. The Morgan fingerprint density at radius 3 is 2.12 bits per heavy atom. The molecule has 1 heterocycles. The van der Waals surface area contributed by atoms with E-state index < -0.39 is 18.1 Å². The second-order valence-corrected chi connectivity index (χ2v) is 8.19. The molecule has 2 aliphatic rings. The summed E-state index contributed by atoms with van der Waals surface area (Å²) in [6.07, 6.45) is -0.628. The number of aliphatic carboxylic acids is 1. The Hall–Kier alpha value is -3.39. The van der Waals surface area contributed by atoms with E-state index in [2.05, 4.69) is 29.6 Å². The molecule has 2 amide bonds. The van der Waals surface area contributed by atoms with Crippen LogP contribution in [-0.4, -0.2) is 78.2 Å². The molecule has 2 aromatic rings. The maximum absolute atomic E-state index is 12.7. The van der Waals surface area contributed by atoms with Crippen LogP contribution in [-0.2, 0) is 14.3 Å². The van der Waals surface area contributed by atoms with Gasteiger partial charge in [0.15, 0.2) is 0 Å². The number of alkyl carbamates (subject to hydrolysis) is 1. The van der Waals surface area contributed by atoms with Crippen LogP contribution in [0.4, 0.5) is 4.79 Å². The first kappa shape index (κ1) is 21.8. The van der Waals surface area contributed by atoms with Crippen LogP contribution in [0, 0.1) is 0 Å². The van der Waals surface area contributed by atoms with Crippen molar-refractivity contribution in [3.63, 3.8) is 0 Å². The highest BCUT2D eigenvalue weighted by Gasteiger charge is 2.30. The van der Waals surface area contributed by atoms with E-state index in [4.69, 9.17) is 9.84 Å². The normalized spacial score (nSPS) is 16.7. The lowest BCUT2D eigenvalue weighted by molar-refractivity contribution is -0.139. The van der Waals surface area contributed by atoms with Crippen molar-refractivity contribution in [3.05, 3.63) is 59.7 Å². The molecule has 1 fully saturated rings. The predicted molar refractivity (Wildman–Crippen MR) is 118 cm³/mol. The number of nitrogens with one attached hydrogen (secondary N) is 1. The highest BCUT2D eigenvalue weighted by molar-refractivity contribution is 5.85. The average Bonchev–Trinajstić information content (AvgIpc) is 3.11. The largest absolute Gasteiger partial charge is 0.480 e. The molecule has 2 aromatic carbocycles. The highest BCUT2D eigenvalue weighted by Crippen LogP contribution is 2.44. The van der Waals surface area contributed by atoms with Crippen LogP contribution in [0.2, 0.25) is 0 Å². The third-order valence-electron chi connectivity index (χ3n) is 6.09. The first-order valence-corrected chi connectivity index (χ1v) is 10.8. The molecule has 0 aromatic heterocycles. The molecule has 4 rings (SSSR count). The number of carboxylic acids is 1. The number of piperazine rings is 1. The molecule has 1 aliphatic carbocycles. The number of benzene rings is 2. The van der Waals surface area contributed by atoms with Gasteiger partial charge in [0.1, 0.15) is 12.6 Å². The molecule has 1 aliphatic heterocycles. The number of hydrogen-bond donors (Lipinski definition) is 2. The van der Waals surface area contributed by atoms with Gasteiger partial charge in [-0.3, -0.25) is 14.5 Å². The quantitative estimate of drug-likeness (QED) is 0.719. The monoisotopic (exact) mass is 437 g/mol. The lowest BCUT2D eigenvalue weighted by Gasteiger charge is -2.35. The minimum Gasteiger partial charge on any atom is -0.480 e. The van der Waals surface area contributed by atoms with Gasteiger partial charge in [0.25, 0.3) is 0 Å². The number of amides is 2. The lowest BCUT2D eigenvalue weighted by atomic mass is 9.98. The number of carbonyl (C=O) groups is 3. The maximum atomic E-state index is 12.7. The Kier molecular flexibility index (Phi) is 6.41. The van der Waals surface area contributed by atoms with E-state index in [1.807, 2.05) is 24.3 Å². The highest BCUT2D eigenvalue weighted by atomic mass is 16.5. The van der Waals surface area contributed by atoms with E-state index in [0.29, 0.717) is 26.2 Å². The molecular weight excluding hydrogens is 410 g/mol. The molecule has 0 spiro atoms. The number of carbonyl (C=O) groups excluding carboxylic acids is 2. The van der Waals surface area contributed by atoms with Gasteiger partial charge in [-0.15, -0.1) is 0 Å². The summed E-state index contributed by atoms with van der Waals surface area (Å²) in [5.41, 5.74) is 4.57. The van der Waals surface area contributed by atoms with Gasteiger partial charge in [-0.05, 0) is 29.2 Å². The van der Waals surface area contributed by atoms with Crippen molar-refractivity contribution in [3.8, 4) is 11.1 Å². The summed E-state index contributed by atoms with van der Waals surface area (Å²) < 4.78 is 5.51. The number of nitrogens with zero attached hydrogens (tertiary/aromatic N) is 2. The zero-order chi connectivity index (χ0) is 22.7. The minimum absolute atomic E-state index is 0.0322. The second kappa shape index (κ2) is 9.40. The summed E-state index contributed by atoms with van der Waals surface area (Å²) in [4.78, 5) is 39.3. The third kappa shape index (κ3) is 4.60. The zero-order valence-corrected chi connectivity index (χ0v) is 18.0. The van der Waals surface area contributed by atoms with Crippen LogP contribution < -0.4 is 5.32 Å². The van der Waals surface area contributed by atoms with Gasteiger partial charge in [0.05, 0.1) is 6.54 Å². The molecule has 1 saturated heterocycles. The summed E-state index contributed by atoms with van der Waals surface area (Å²) in [5.74, 6) is -1.12. The molecule has 1 atom stereocenters. The summed E-state index contributed by atoms with van der Waals surface area (Å²) in [5, 5.41) is 11.5. The molecule has 8 heteroatoms. The van der Waals surface area contributed by atoms with Crippen LogP contribution in [0.1, 0.15) is 24.0 Å². The Morgan fingerprint density at radius 2 is 1.56 bits per heavy atom. The molecule has 32 heavy (non-hydrogen) atoms. The molecule has 8 nitrogen and oxygen atoms in total. The fraction of sp³-hybridized carbons (Fsp3) is 0.375. The van der Waals surface area contributed by atoms with Crippen molar-refractivity contribution in [1.29, 1.82) is 0 Å². The van der Waals surface area contributed by atoms with Gasteiger partial charge in [-0.1, -0.05) is 48.5 Å². The molecule has 1 unspecified atom stereocenters. The SMILES string of the molecule is CC(NC(=O)OCC1c2ccccc2-c2ccccc21)C(=O)N1CCN(CC(=O)O)CC1. The zero-order valence-electron chi connectivity index (χ0n) is 18.0. The Labute approximate surface area is 186 Å². The molecule has 0 radical (unpaired) electrons. The van der Waals surface area contributed by atoms with E-state index in [1.54, 1.807) is 16.7 Å². The molecular formula is C24H27N3O5. The molecule has 168 valence electrons. The second-order valence-electron chi connectivity index (χ2n) is 8.19. The Bertz CT molecular complexity index is 971. The van der Waals surface area contributed by atoms with Gasteiger partial charge in [0, 0.05) is 32.1 Å². The first-order chi connectivity index (χ1) is 15.4. The number of carboxylic acid groups (broad SMARTS) is 1. The summed E-state index contributed by atoms with van der Waals surface area (Å²) >= 11 is 0. The van der Waals surface area contributed by atoms with E-state index >= 15 is 0 Å². The smallest absolute Gasteiger partial charge is 0.407 e. The topological polar surface area (TPSA) is 99.2 Å². The van der Waals surface area contributed by atoms with Crippen molar-refractivity contribution in [1.82, 2.24) is 15.1 Å². The van der Waals surface area contributed by atoms with Crippen LogP contribution in [0.3, 0.4) is 0 Å². The fourth-order valence-electron chi connectivity index (χ4n) is 4.47. The van der Waals surface area contributed by atoms with Gasteiger partial charge < -0.3 is 20.1 Å². The van der Waals surface area contributed by atoms with Crippen LogP contribution in [0.5, 0.6) is 0 Å². The van der Waals surface area contributed by atoms with Crippen molar-refractivity contribution in [2.75, 3.05) is 39.3 Å². The Balaban J connectivity index is 1.30. The molecule has 0 saturated carbocycles. The Morgan fingerprint density at radius 1 is 1.00 bits per heavy atom. The molecule has 0 bridgehead atoms. The van der Waals surface area contributed by atoms with Crippen LogP contribution in [0.25, 0.3) is 11.1 Å². The van der Waals surface area contributed by atoms with Crippen molar-refractivity contribution < 1.29 is 24.2 Å². The molecule has 2 N–H and O–H groups in total. The van der Waals surface area contributed by atoms with Gasteiger partial charge in [-0.2, -0.15) is 0 Å². The number of rotatable bonds is 6. The number of hydrogen-bond acceptors (Lipinski definition) is 5. The van der Waals surface area contributed by atoms with Crippen molar-refractivity contribution >= 4 is 18.0 Å². The first-order valence-electron chi connectivity index (χ1n) is 10.8. The van der Waals surface area contributed by atoms with E-state index in [9.17, 15) is 14.4 Å². The van der Waals surface area contributed by atoms with Gasteiger partial charge in [-0.25, -0.2) is 4.79 Å². The lowest BCUT2D eigenvalue weighted by Crippen LogP contribution is -2.54. The number of ether oxygens (including phenoxy) is 1. The fourth-order valence-corrected chi connectivity index (χ4v) is 4.47. The average molecular weight is 437 g/mol. The van der Waals surface area contributed by atoms with Gasteiger partial charge in [0.2, 0.25) is 5.91 Å². The predicted octanol–water partition coefficient (Wildman–Crippen LogP) is 2.14. The van der Waals surface area contributed by atoms with Crippen molar-refractivity contribution in [2.24, 2.45) is 0 Å².